The third kappa shape index (κ3) is 2.83. The Morgan fingerprint density at radius 2 is 1.25 bits per heavy atom. The summed E-state index contributed by atoms with van der Waals surface area (Å²) in [6.45, 7) is 1.19. The van der Waals surface area contributed by atoms with Crippen LogP contribution in [0.5, 0.6) is 0 Å². The molecule has 0 saturated carbocycles. The summed E-state index contributed by atoms with van der Waals surface area (Å²) in [5.74, 6) is -0.888. The quantitative estimate of drug-likeness (QED) is 0.340. The van der Waals surface area contributed by atoms with E-state index < -0.39 is 5.97 Å². The van der Waals surface area contributed by atoms with Crippen molar-refractivity contribution in [2.24, 2.45) is 0 Å². The van der Waals surface area contributed by atoms with Gasteiger partial charge in [-0.25, -0.2) is 4.79 Å². The number of benzene rings is 5. The number of rotatable bonds is 2. The van der Waals surface area contributed by atoms with Gasteiger partial charge in [0, 0.05) is 13.1 Å². The van der Waals surface area contributed by atoms with Crippen LogP contribution in [0.15, 0.2) is 91.0 Å². The third-order valence-electron chi connectivity index (χ3n) is 6.48. The summed E-state index contributed by atoms with van der Waals surface area (Å²) in [6.07, 6.45) is 0. The zero-order valence-corrected chi connectivity index (χ0v) is 17.4. The molecule has 0 spiro atoms. The Kier molecular flexibility index (Phi) is 4.30. The van der Waals surface area contributed by atoms with Crippen LogP contribution < -0.4 is 5.32 Å². The van der Waals surface area contributed by atoms with Gasteiger partial charge in [0.05, 0.1) is 5.56 Å². The summed E-state index contributed by atoms with van der Waals surface area (Å²) in [4.78, 5) is 12.3. The highest BCUT2D eigenvalue weighted by molar-refractivity contribution is 6.12. The van der Waals surface area contributed by atoms with E-state index in [0.29, 0.717) is 18.7 Å². The Morgan fingerprint density at radius 1 is 0.688 bits per heavy atom. The maximum absolute atomic E-state index is 12.3. The molecule has 1 heterocycles. The first-order chi connectivity index (χ1) is 15.7. The van der Waals surface area contributed by atoms with Crippen LogP contribution >= 0.6 is 0 Å². The SMILES string of the molecule is O=C(O)c1cc2ccccc2c2c1CNCc1c(-c3ccccc3)cc3ccccc3c1-2. The molecule has 154 valence electrons. The molecule has 0 amide bonds. The number of nitrogens with one attached hydrogen (secondary N) is 1. The first kappa shape index (κ1) is 18.8. The number of hydrogen-bond acceptors (Lipinski definition) is 2. The Balaban J connectivity index is 1.84. The number of fused-ring (bicyclic) bond motifs is 7. The van der Waals surface area contributed by atoms with E-state index in [9.17, 15) is 9.90 Å². The zero-order chi connectivity index (χ0) is 21.7. The number of carboxylic acid groups (broad SMARTS) is 1. The maximum atomic E-state index is 12.3. The molecule has 5 aromatic rings. The second-order valence-electron chi connectivity index (χ2n) is 8.27. The average molecular weight is 415 g/mol. The zero-order valence-electron chi connectivity index (χ0n) is 17.4. The van der Waals surface area contributed by atoms with E-state index in [1.54, 1.807) is 0 Å². The second-order valence-corrected chi connectivity index (χ2v) is 8.27. The third-order valence-corrected chi connectivity index (χ3v) is 6.48. The molecule has 3 nitrogen and oxygen atoms in total. The van der Waals surface area contributed by atoms with E-state index in [2.05, 4.69) is 66.0 Å². The molecule has 0 radical (unpaired) electrons. The largest absolute Gasteiger partial charge is 0.478 e. The molecule has 0 atom stereocenters. The average Bonchev–Trinajstić information content (AvgIpc) is 3.04. The van der Waals surface area contributed by atoms with E-state index in [1.165, 1.54) is 16.7 Å². The highest BCUT2D eigenvalue weighted by atomic mass is 16.4. The van der Waals surface area contributed by atoms with Gasteiger partial charge in [0.15, 0.2) is 0 Å². The lowest BCUT2D eigenvalue weighted by molar-refractivity contribution is 0.0696. The van der Waals surface area contributed by atoms with E-state index in [-0.39, 0.29) is 0 Å². The van der Waals surface area contributed by atoms with Crippen LogP contribution in [-0.4, -0.2) is 11.1 Å². The van der Waals surface area contributed by atoms with Crippen LogP contribution in [-0.2, 0) is 13.1 Å². The highest BCUT2D eigenvalue weighted by Crippen LogP contribution is 2.45. The van der Waals surface area contributed by atoms with Crippen molar-refractivity contribution in [3.63, 3.8) is 0 Å². The lowest BCUT2D eigenvalue weighted by Gasteiger charge is -2.20. The minimum absolute atomic E-state index is 0.369. The van der Waals surface area contributed by atoms with E-state index in [1.807, 2.05) is 30.3 Å². The van der Waals surface area contributed by atoms with Crippen LogP contribution in [0.4, 0.5) is 0 Å². The van der Waals surface area contributed by atoms with Crippen molar-refractivity contribution in [1.82, 2.24) is 5.32 Å². The summed E-state index contributed by atoms with van der Waals surface area (Å²) >= 11 is 0. The fourth-order valence-corrected chi connectivity index (χ4v) is 5.10. The van der Waals surface area contributed by atoms with Crippen LogP contribution in [0.3, 0.4) is 0 Å². The minimum atomic E-state index is -0.888. The molecule has 6 rings (SSSR count). The van der Waals surface area contributed by atoms with E-state index in [4.69, 9.17) is 0 Å². The van der Waals surface area contributed by atoms with Gasteiger partial charge in [-0.15, -0.1) is 0 Å². The monoisotopic (exact) mass is 415 g/mol. The van der Waals surface area contributed by atoms with E-state index in [0.717, 1.165) is 38.2 Å². The summed E-state index contributed by atoms with van der Waals surface area (Å²) < 4.78 is 0. The Morgan fingerprint density at radius 3 is 1.94 bits per heavy atom. The van der Waals surface area contributed by atoms with Crippen molar-refractivity contribution in [3.8, 4) is 22.3 Å². The Hall–Kier alpha value is -3.95. The van der Waals surface area contributed by atoms with Crippen LogP contribution in [0.25, 0.3) is 43.8 Å². The van der Waals surface area contributed by atoms with Gasteiger partial charge in [-0.05, 0) is 67.1 Å². The fraction of sp³-hybridized carbons (Fsp3) is 0.0690. The van der Waals surface area contributed by atoms with Crippen LogP contribution in [0.2, 0.25) is 0 Å². The second kappa shape index (κ2) is 7.33. The number of hydrogen-bond donors (Lipinski definition) is 2. The molecule has 3 heteroatoms. The van der Waals surface area contributed by atoms with Crippen LogP contribution in [0, 0.1) is 0 Å². The smallest absolute Gasteiger partial charge is 0.336 e. The van der Waals surface area contributed by atoms with Crippen molar-refractivity contribution in [2.45, 2.75) is 13.1 Å². The van der Waals surface area contributed by atoms with Gasteiger partial charge >= 0.3 is 5.97 Å². The van der Waals surface area contributed by atoms with E-state index >= 15 is 0 Å². The van der Waals surface area contributed by atoms with Crippen molar-refractivity contribution < 1.29 is 9.90 Å². The van der Waals surface area contributed by atoms with Crippen molar-refractivity contribution in [1.29, 1.82) is 0 Å². The maximum Gasteiger partial charge on any atom is 0.336 e. The summed E-state index contributed by atoms with van der Waals surface area (Å²) in [6, 6.07) is 31.0. The molecule has 0 bridgehead atoms. The molecule has 32 heavy (non-hydrogen) atoms. The molecule has 0 aliphatic carbocycles. The number of carboxylic acids is 1. The minimum Gasteiger partial charge on any atom is -0.478 e. The van der Waals surface area contributed by atoms with Crippen molar-refractivity contribution in [2.75, 3.05) is 0 Å². The lowest BCUT2D eigenvalue weighted by Crippen LogP contribution is -2.14. The normalized spacial score (nSPS) is 12.9. The van der Waals surface area contributed by atoms with Gasteiger partial charge in [0.25, 0.3) is 0 Å². The number of aromatic carboxylic acids is 1. The predicted octanol–water partition coefficient (Wildman–Crippen LogP) is 6.63. The van der Waals surface area contributed by atoms with Crippen LogP contribution in [0.1, 0.15) is 21.5 Å². The molecule has 1 aliphatic heterocycles. The molecular formula is C29H21NO2. The molecule has 2 N–H and O–H groups in total. The summed E-state index contributed by atoms with van der Waals surface area (Å²) in [5.41, 5.74) is 6.96. The topological polar surface area (TPSA) is 49.3 Å². The Bertz CT molecular complexity index is 1520. The fourth-order valence-electron chi connectivity index (χ4n) is 5.10. The molecular weight excluding hydrogens is 394 g/mol. The van der Waals surface area contributed by atoms with Gasteiger partial charge in [0.2, 0.25) is 0 Å². The van der Waals surface area contributed by atoms with Gasteiger partial charge in [-0.3, -0.25) is 0 Å². The van der Waals surface area contributed by atoms with Crippen molar-refractivity contribution in [3.05, 3.63) is 108 Å². The lowest BCUT2D eigenvalue weighted by atomic mass is 9.83. The molecule has 0 fully saturated rings. The van der Waals surface area contributed by atoms with Crippen molar-refractivity contribution >= 4 is 27.5 Å². The first-order valence-corrected chi connectivity index (χ1v) is 10.8. The summed E-state index contributed by atoms with van der Waals surface area (Å²) in [5, 5.41) is 17.9. The number of carbonyl (C=O) groups is 1. The first-order valence-electron chi connectivity index (χ1n) is 10.8. The van der Waals surface area contributed by atoms with Gasteiger partial charge in [-0.1, -0.05) is 78.9 Å². The molecule has 1 aliphatic rings. The molecule has 5 aromatic carbocycles. The van der Waals surface area contributed by atoms with Gasteiger partial charge in [0.1, 0.15) is 0 Å². The molecule has 0 unspecified atom stereocenters. The molecule has 0 saturated heterocycles. The Labute approximate surface area is 186 Å². The standard InChI is InChI=1S/C29H21NO2/c31-29(32)24-15-20-11-5-7-13-22(20)28-26(24)17-30-16-25-23(18-8-2-1-3-9-18)14-19-10-4-6-12-21(19)27(25)28/h1-15,30H,16-17H2,(H,31,32). The van der Waals surface area contributed by atoms with Gasteiger partial charge < -0.3 is 10.4 Å². The summed E-state index contributed by atoms with van der Waals surface area (Å²) in [7, 11) is 0. The highest BCUT2D eigenvalue weighted by Gasteiger charge is 2.26. The molecule has 0 aromatic heterocycles. The predicted molar refractivity (Wildman–Crippen MR) is 130 cm³/mol. The van der Waals surface area contributed by atoms with Gasteiger partial charge in [-0.2, -0.15) is 0 Å².